The third-order valence-electron chi connectivity index (χ3n) is 5.96. The molecule has 0 bridgehead atoms. The maximum absolute atomic E-state index is 13.1. The molecule has 1 aliphatic carbocycles. The Balaban J connectivity index is 1.93. The van der Waals surface area contributed by atoms with E-state index in [9.17, 15) is 13.2 Å². The molecular weight excluding hydrogens is 433 g/mol. The first kappa shape index (κ1) is 25.3. The molecule has 34 heavy (non-hydrogen) atoms. The van der Waals surface area contributed by atoms with Gasteiger partial charge in [-0.15, -0.1) is 0 Å². The van der Waals surface area contributed by atoms with E-state index >= 15 is 0 Å². The second-order valence-electron chi connectivity index (χ2n) is 9.15. The number of alkyl halides is 3. The van der Waals surface area contributed by atoms with Gasteiger partial charge in [0.25, 0.3) is 0 Å². The van der Waals surface area contributed by atoms with Crippen LogP contribution in [0.2, 0.25) is 0 Å². The van der Waals surface area contributed by atoms with Crippen LogP contribution in [-0.2, 0) is 6.18 Å². The summed E-state index contributed by atoms with van der Waals surface area (Å²) in [4.78, 5) is 0. The molecule has 0 radical (unpaired) electrons. The Bertz CT molecular complexity index is 1160. The van der Waals surface area contributed by atoms with Crippen LogP contribution in [0, 0.1) is 18.3 Å². The number of hydrogen-bond donors (Lipinski definition) is 2. The van der Waals surface area contributed by atoms with Gasteiger partial charge in [-0.05, 0) is 83.9 Å². The van der Waals surface area contributed by atoms with Gasteiger partial charge in [0.2, 0.25) is 0 Å². The molecule has 0 fully saturated rings. The van der Waals surface area contributed by atoms with Crippen LogP contribution in [0.25, 0.3) is 11.6 Å². The van der Waals surface area contributed by atoms with Crippen LogP contribution in [0.15, 0.2) is 78.5 Å². The fourth-order valence-electron chi connectivity index (χ4n) is 4.10. The lowest BCUT2D eigenvalue weighted by molar-refractivity contribution is -0.137. The monoisotopic (exact) mass is 464 g/mol. The number of aryl methyl sites for hydroxylation is 1. The van der Waals surface area contributed by atoms with Crippen LogP contribution in [0.4, 0.5) is 13.2 Å². The van der Waals surface area contributed by atoms with Crippen molar-refractivity contribution >= 4 is 17.4 Å². The number of nitrogens with one attached hydrogen (secondary N) is 2. The highest BCUT2D eigenvalue weighted by Gasteiger charge is 2.31. The molecule has 0 saturated carbocycles. The quantitative estimate of drug-likeness (QED) is 0.425. The standard InChI is InChI=1S/C29H31F3N2/c1-6-21-7-9-22(10-8-21)28(13-18(2)3)34-17-23-16-26(20(5)15-27(23)33)25-12-11-24(14-19(25)4)29(30,31)32/h6-12,14-18,28,33-34H,1,13H2,2-5H3/b23-17-,33-27?. The molecule has 0 spiro atoms. The molecule has 1 aliphatic rings. The van der Waals surface area contributed by atoms with Gasteiger partial charge in [0.1, 0.15) is 0 Å². The SMILES string of the molecule is C=Cc1ccc(C(CC(C)C)N/C=C2/C=C(c3ccc(C(F)(F)F)cc3C)C(C)=CC2=N)cc1. The number of rotatable bonds is 7. The van der Waals surface area contributed by atoms with Gasteiger partial charge in [-0.3, -0.25) is 0 Å². The second-order valence-corrected chi connectivity index (χ2v) is 9.15. The highest BCUT2D eigenvalue weighted by Crippen LogP contribution is 2.35. The fraction of sp³-hybridized carbons (Fsp3) is 0.276. The molecule has 0 aliphatic heterocycles. The van der Waals surface area contributed by atoms with E-state index in [1.807, 2.05) is 37.4 Å². The lowest BCUT2D eigenvalue weighted by Gasteiger charge is -2.22. The molecule has 2 aromatic carbocycles. The Morgan fingerprint density at radius 2 is 1.71 bits per heavy atom. The summed E-state index contributed by atoms with van der Waals surface area (Å²) in [6.45, 7) is 11.7. The highest BCUT2D eigenvalue weighted by molar-refractivity contribution is 6.14. The maximum atomic E-state index is 13.1. The Labute approximate surface area is 200 Å². The van der Waals surface area contributed by atoms with Crippen molar-refractivity contribution in [1.29, 1.82) is 5.41 Å². The Morgan fingerprint density at radius 3 is 2.26 bits per heavy atom. The molecule has 178 valence electrons. The summed E-state index contributed by atoms with van der Waals surface area (Å²) in [5.74, 6) is 0.462. The average molecular weight is 465 g/mol. The third kappa shape index (κ3) is 5.96. The molecule has 0 aromatic heterocycles. The van der Waals surface area contributed by atoms with Gasteiger partial charge >= 0.3 is 6.18 Å². The molecule has 1 unspecified atom stereocenters. The Kier molecular flexibility index (Phi) is 7.65. The van der Waals surface area contributed by atoms with E-state index in [-0.39, 0.29) is 6.04 Å². The van der Waals surface area contributed by atoms with Crippen LogP contribution in [-0.4, -0.2) is 5.71 Å². The van der Waals surface area contributed by atoms with Crippen LogP contribution in [0.5, 0.6) is 0 Å². The predicted octanol–water partition coefficient (Wildman–Crippen LogP) is 8.28. The van der Waals surface area contributed by atoms with E-state index in [0.717, 1.165) is 40.3 Å². The topological polar surface area (TPSA) is 35.9 Å². The van der Waals surface area contributed by atoms with Crippen molar-refractivity contribution in [3.8, 4) is 0 Å². The minimum atomic E-state index is -4.37. The summed E-state index contributed by atoms with van der Waals surface area (Å²) < 4.78 is 39.3. The van der Waals surface area contributed by atoms with Gasteiger partial charge in [0, 0.05) is 11.8 Å². The molecule has 5 heteroatoms. The highest BCUT2D eigenvalue weighted by atomic mass is 19.4. The van der Waals surface area contributed by atoms with Crippen LogP contribution in [0.3, 0.4) is 0 Å². The van der Waals surface area contributed by atoms with Crippen LogP contribution in [0.1, 0.15) is 61.1 Å². The number of hydrogen-bond acceptors (Lipinski definition) is 2. The minimum absolute atomic E-state index is 0.0656. The van der Waals surface area contributed by atoms with Crippen molar-refractivity contribution in [2.24, 2.45) is 5.92 Å². The Morgan fingerprint density at radius 1 is 1.03 bits per heavy atom. The summed E-state index contributed by atoms with van der Waals surface area (Å²) in [7, 11) is 0. The number of allylic oxidation sites excluding steroid dienone is 5. The van der Waals surface area contributed by atoms with Gasteiger partial charge in [0.15, 0.2) is 0 Å². The third-order valence-corrected chi connectivity index (χ3v) is 5.96. The van der Waals surface area contributed by atoms with Crippen LogP contribution >= 0.6 is 0 Å². The molecule has 0 saturated heterocycles. The normalized spacial score (nSPS) is 16.4. The molecule has 1 atom stereocenters. The molecule has 3 rings (SSSR count). The van der Waals surface area contributed by atoms with E-state index in [1.165, 1.54) is 12.1 Å². The first-order chi connectivity index (χ1) is 16.0. The van der Waals surface area contributed by atoms with Crippen molar-refractivity contribution in [3.63, 3.8) is 0 Å². The maximum Gasteiger partial charge on any atom is 0.416 e. The molecule has 2 N–H and O–H groups in total. The molecule has 2 aromatic rings. The predicted molar refractivity (Wildman–Crippen MR) is 136 cm³/mol. The zero-order valence-electron chi connectivity index (χ0n) is 20.1. The van der Waals surface area contributed by atoms with Crippen molar-refractivity contribution in [2.75, 3.05) is 0 Å². The van der Waals surface area contributed by atoms with Crippen LogP contribution < -0.4 is 5.32 Å². The molecule has 0 amide bonds. The van der Waals surface area contributed by atoms with E-state index < -0.39 is 11.7 Å². The lowest BCUT2D eigenvalue weighted by Crippen LogP contribution is -2.19. The number of halogens is 3. The fourth-order valence-corrected chi connectivity index (χ4v) is 4.10. The summed E-state index contributed by atoms with van der Waals surface area (Å²) >= 11 is 0. The van der Waals surface area contributed by atoms with Gasteiger partial charge in [-0.25, -0.2) is 0 Å². The average Bonchev–Trinajstić information content (AvgIpc) is 2.77. The largest absolute Gasteiger partial charge is 0.416 e. The van der Waals surface area contributed by atoms with Crippen molar-refractivity contribution in [3.05, 3.63) is 106 Å². The van der Waals surface area contributed by atoms with Gasteiger partial charge < -0.3 is 10.7 Å². The summed E-state index contributed by atoms with van der Waals surface area (Å²) in [6, 6.07) is 12.1. The van der Waals surface area contributed by atoms with Gasteiger partial charge in [0.05, 0.1) is 17.3 Å². The smallest absolute Gasteiger partial charge is 0.384 e. The van der Waals surface area contributed by atoms with E-state index in [0.29, 0.717) is 22.8 Å². The molecule has 0 heterocycles. The van der Waals surface area contributed by atoms with E-state index in [2.05, 4.69) is 37.9 Å². The van der Waals surface area contributed by atoms with Crippen molar-refractivity contribution in [1.82, 2.24) is 5.32 Å². The second kappa shape index (κ2) is 10.3. The zero-order valence-corrected chi connectivity index (χ0v) is 20.1. The van der Waals surface area contributed by atoms with E-state index in [1.54, 1.807) is 13.0 Å². The zero-order chi connectivity index (χ0) is 25.0. The summed E-state index contributed by atoms with van der Waals surface area (Å²) in [5, 5.41) is 11.9. The van der Waals surface area contributed by atoms with Crippen molar-refractivity contribution in [2.45, 2.75) is 46.3 Å². The first-order valence-corrected chi connectivity index (χ1v) is 11.4. The minimum Gasteiger partial charge on any atom is -0.384 e. The van der Waals surface area contributed by atoms with Gasteiger partial charge in [-0.2, -0.15) is 13.2 Å². The molecule has 2 nitrogen and oxygen atoms in total. The first-order valence-electron chi connectivity index (χ1n) is 11.4. The summed E-state index contributed by atoms with van der Waals surface area (Å²) in [5.41, 5.74) is 5.56. The van der Waals surface area contributed by atoms with Gasteiger partial charge in [-0.1, -0.05) is 56.8 Å². The lowest BCUT2D eigenvalue weighted by atomic mass is 9.87. The summed E-state index contributed by atoms with van der Waals surface area (Å²) in [6.07, 6.45) is 3.84. The Hall–Kier alpha value is -3.34. The molecular formula is C29H31F3N2. The number of benzene rings is 2. The van der Waals surface area contributed by atoms with Crippen molar-refractivity contribution < 1.29 is 13.2 Å². The van der Waals surface area contributed by atoms with E-state index in [4.69, 9.17) is 5.41 Å².